The number of hydrogen-bond donors (Lipinski definition) is 2. The van der Waals surface area contributed by atoms with E-state index in [4.69, 9.17) is 4.74 Å². The van der Waals surface area contributed by atoms with Crippen LogP contribution in [0.4, 0.5) is 0 Å². The molecule has 0 spiro atoms. The standard InChI is InChI=1S/C17H16INO4/c1-23-17(22)14(10-11-7-8-15(20)13(18)9-11)19-16(21)12-5-3-2-4-6-12/h2-9,14,20H,10H2,1H3,(H,19,21)/t14-/m0/s1. The number of benzene rings is 2. The number of hydrogen-bond acceptors (Lipinski definition) is 4. The van der Waals surface area contributed by atoms with Crippen molar-refractivity contribution in [3.63, 3.8) is 0 Å². The number of halogens is 1. The van der Waals surface area contributed by atoms with E-state index in [9.17, 15) is 14.7 Å². The molecule has 23 heavy (non-hydrogen) atoms. The maximum Gasteiger partial charge on any atom is 0.328 e. The maximum absolute atomic E-state index is 12.2. The molecule has 2 aromatic rings. The molecule has 6 heteroatoms. The number of phenols is 1. The number of carbonyl (C=O) groups is 2. The number of nitrogens with one attached hydrogen (secondary N) is 1. The lowest BCUT2D eigenvalue weighted by atomic mass is 10.1. The van der Waals surface area contributed by atoms with E-state index in [-0.39, 0.29) is 18.1 Å². The van der Waals surface area contributed by atoms with Crippen molar-refractivity contribution in [2.24, 2.45) is 0 Å². The Bertz CT molecular complexity index is 703. The Morgan fingerprint density at radius 3 is 2.52 bits per heavy atom. The van der Waals surface area contributed by atoms with E-state index in [1.165, 1.54) is 7.11 Å². The first-order valence-corrected chi connectivity index (χ1v) is 8.00. The van der Waals surface area contributed by atoms with Gasteiger partial charge in [0.25, 0.3) is 5.91 Å². The van der Waals surface area contributed by atoms with Crippen LogP contribution in [0.2, 0.25) is 0 Å². The number of methoxy groups -OCH3 is 1. The maximum atomic E-state index is 12.2. The van der Waals surface area contributed by atoms with Crippen molar-refractivity contribution in [1.82, 2.24) is 5.32 Å². The lowest BCUT2D eigenvalue weighted by molar-refractivity contribution is -0.142. The summed E-state index contributed by atoms with van der Waals surface area (Å²) in [6, 6.07) is 12.9. The molecule has 0 fully saturated rings. The smallest absolute Gasteiger partial charge is 0.328 e. The Morgan fingerprint density at radius 2 is 1.91 bits per heavy atom. The predicted molar refractivity (Wildman–Crippen MR) is 94.2 cm³/mol. The number of carbonyl (C=O) groups excluding carboxylic acids is 2. The third-order valence-electron chi connectivity index (χ3n) is 3.28. The van der Waals surface area contributed by atoms with Gasteiger partial charge in [-0.2, -0.15) is 0 Å². The summed E-state index contributed by atoms with van der Waals surface area (Å²) in [6.45, 7) is 0. The second kappa shape index (κ2) is 7.96. The number of esters is 1. The molecule has 0 aliphatic rings. The highest BCUT2D eigenvalue weighted by atomic mass is 127. The zero-order valence-electron chi connectivity index (χ0n) is 12.5. The van der Waals surface area contributed by atoms with Crippen LogP contribution in [0.25, 0.3) is 0 Å². The third kappa shape index (κ3) is 4.69. The molecule has 0 radical (unpaired) electrons. The monoisotopic (exact) mass is 425 g/mol. The van der Waals surface area contributed by atoms with Gasteiger partial charge in [0.05, 0.1) is 10.7 Å². The van der Waals surface area contributed by atoms with Gasteiger partial charge >= 0.3 is 5.97 Å². The molecule has 0 heterocycles. The number of aromatic hydroxyl groups is 1. The Morgan fingerprint density at radius 1 is 1.22 bits per heavy atom. The molecule has 2 N–H and O–H groups in total. The number of phenolic OH excluding ortho intramolecular Hbond substituents is 1. The van der Waals surface area contributed by atoms with Crippen LogP contribution in [0.15, 0.2) is 48.5 Å². The zero-order chi connectivity index (χ0) is 16.8. The fraction of sp³-hybridized carbons (Fsp3) is 0.176. The molecule has 1 atom stereocenters. The molecular formula is C17H16INO4. The first-order chi connectivity index (χ1) is 11.0. The van der Waals surface area contributed by atoms with E-state index in [0.29, 0.717) is 9.13 Å². The largest absolute Gasteiger partial charge is 0.507 e. The topological polar surface area (TPSA) is 75.6 Å². The van der Waals surface area contributed by atoms with Crippen LogP contribution in [0, 0.1) is 3.57 Å². The minimum absolute atomic E-state index is 0.178. The van der Waals surface area contributed by atoms with Crippen LogP contribution in [0.1, 0.15) is 15.9 Å². The molecule has 2 aromatic carbocycles. The van der Waals surface area contributed by atoms with Gasteiger partial charge in [-0.15, -0.1) is 0 Å². The first kappa shape index (κ1) is 17.3. The Labute approximate surface area is 147 Å². The summed E-state index contributed by atoms with van der Waals surface area (Å²) < 4.78 is 5.45. The van der Waals surface area contributed by atoms with E-state index >= 15 is 0 Å². The van der Waals surface area contributed by atoms with E-state index in [2.05, 4.69) is 5.32 Å². The Kier molecular flexibility index (Phi) is 5.97. The number of ether oxygens (including phenoxy) is 1. The summed E-state index contributed by atoms with van der Waals surface area (Å²) in [4.78, 5) is 24.2. The molecule has 0 unspecified atom stereocenters. The van der Waals surface area contributed by atoms with E-state index < -0.39 is 12.0 Å². The van der Waals surface area contributed by atoms with Crippen LogP contribution < -0.4 is 5.32 Å². The average Bonchev–Trinajstić information content (AvgIpc) is 2.57. The molecule has 0 aliphatic heterocycles. The minimum Gasteiger partial charge on any atom is -0.507 e. The summed E-state index contributed by atoms with van der Waals surface area (Å²) >= 11 is 2.00. The van der Waals surface area contributed by atoms with Crippen molar-refractivity contribution in [1.29, 1.82) is 0 Å². The van der Waals surface area contributed by atoms with Gasteiger partial charge in [-0.3, -0.25) is 4.79 Å². The molecule has 0 saturated carbocycles. The minimum atomic E-state index is -0.798. The SMILES string of the molecule is COC(=O)[C@H](Cc1ccc(O)c(I)c1)NC(=O)c1ccccc1. The first-order valence-electron chi connectivity index (χ1n) is 6.92. The second-order valence-corrected chi connectivity index (χ2v) is 6.07. The van der Waals surface area contributed by atoms with Crippen molar-refractivity contribution >= 4 is 34.5 Å². The van der Waals surface area contributed by atoms with Gasteiger partial charge in [0, 0.05) is 12.0 Å². The van der Waals surface area contributed by atoms with Crippen molar-refractivity contribution in [3.05, 3.63) is 63.2 Å². The Hall–Kier alpha value is -2.09. The molecular weight excluding hydrogens is 409 g/mol. The quantitative estimate of drug-likeness (QED) is 0.571. The number of amides is 1. The molecule has 0 saturated heterocycles. The Balaban J connectivity index is 2.15. The van der Waals surface area contributed by atoms with Crippen molar-refractivity contribution < 1.29 is 19.4 Å². The normalized spacial score (nSPS) is 11.6. The molecule has 2 rings (SSSR count). The highest BCUT2D eigenvalue weighted by Crippen LogP contribution is 2.21. The molecule has 0 bridgehead atoms. The van der Waals surface area contributed by atoms with Gasteiger partial charge in [-0.25, -0.2) is 4.79 Å². The van der Waals surface area contributed by atoms with Gasteiger partial charge < -0.3 is 15.2 Å². The predicted octanol–water partition coefficient (Wildman–Crippen LogP) is 2.51. The van der Waals surface area contributed by atoms with Crippen LogP contribution in [-0.2, 0) is 16.0 Å². The second-order valence-electron chi connectivity index (χ2n) is 4.91. The summed E-state index contributed by atoms with van der Waals surface area (Å²) in [5.41, 5.74) is 1.29. The van der Waals surface area contributed by atoms with Crippen LogP contribution in [0.5, 0.6) is 5.75 Å². The summed E-state index contributed by atoms with van der Waals surface area (Å²) in [5, 5.41) is 12.2. The van der Waals surface area contributed by atoms with Gasteiger partial charge in [-0.05, 0) is 52.4 Å². The third-order valence-corrected chi connectivity index (χ3v) is 4.14. The van der Waals surface area contributed by atoms with Crippen LogP contribution >= 0.6 is 22.6 Å². The van der Waals surface area contributed by atoms with Crippen LogP contribution in [0.3, 0.4) is 0 Å². The zero-order valence-corrected chi connectivity index (χ0v) is 14.6. The molecule has 0 aromatic heterocycles. The fourth-order valence-corrected chi connectivity index (χ4v) is 2.66. The summed E-state index contributed by atoms with van der Waals surface area (Å²) in [7, 11) is 1.28. The lowest BCUT2D eigenvalue weighted by Gasteiger charge is -2.17. The molecule has 0 aliphatic carbocycles. The van der Waals surface area contributed by atoms with Gasteiger partial charge in [-0.1, -0.05) is 24.3 Å². The van der Waals surface area contributed by atoms with E-state index in [0.717, 1.165) is 5.56 Å². The average molecular weight is 425 g/mol. The molecule has 1 amide bonds. The lowest BCUT2D eigenvalue weighted by Crippen LogP contribution is -2.43. The molecule has 120 valence electrons. The van der Waals surface area contributed by atoms with Gasteiger partial charge in [0.1, 0.15) is 11.8 Å². The summed E-state index contributed by atoms with van der Waals surface area (Å²) in [5.74, 6) is -0.677. The summed E-state index contributed by atoms with van der Waals surface area (Å²) in [6.07, 6.45) is 0.279. The van der Waals surface area contributed by atoms with E-state index in [1.807, 2.05) is 28.7 Å². The van der Waals surface area contributed by atoms with Crippen molar-refractivity contribution in [2.45, 2.75) is 12.5 Å². The van der Waals surface area contributed by atoms with Crippen molar-refractivity contribution in [2.75, 3.05) is 7.11 Å². The highest BCUT2D eigenvalue weighted by Gasteiger charge is 2.22. The van der Waals surface area contributed by atoms with Crippen LogP contribution in [-0.4, -0.2) is 30.1 Å². The molecule has 5 nitrogen and oxygen atoms in total. The van der Waals surface area contributed by atoms with Gasteiger partial charge in [0.2, 0.25) is 0 Å². The van der Waals surface area contributed by atoms with Crippen molar-refractivity contribution in [3.8, 4) is 5.75 Å². The fourth-order valence-electron chi connectivity index (χ4n) is 2.08. The highest BCUT2D eigenvalue weighted by molar-refractivity contribution is 14.1. The number of rotatable bonds is 5. The van der Waals surface area contributed by atoms with E-state index in [1.54, 1.807) is 42.5 Å². The van der Waals surface area contributed by atoms with Gasteiger partial charge in [0.15, 0.2) is 0 Å².